The molecule has 0 unspecified atom stereocenters. The minimum atomic E-state index is -1.07. The number of carbonyl (C=O) groups excluding carboxylic acids is 1. The molecule has 0 saturated heterocycles. The maximum absolute atomic E-state index is 12.4. The topological polar surface area (TPSA) is 29.1 Å². The van der Waals surface area contributed by atoms with Gasteiger partial charge in [0, 0.05) is 16.6 Å². The lowest BCUT2D eigenvalue weighted by molar-refractivity contribution is -0.117. The van der Waals surface area contributed by atoms with Crippen LogP contribution in [0.4, 0.5) is 5.69 Å². The van der Waals surface area contributed by atoms with E-state index in [9.17, 15) is 4.79 Å². The molecule has 2 nitrogen and oxygen atoms in total. The number of hydrogen-bond acceptors (Lipinski definition) is 1. The third-order valence-corrected chi connectivity index (χ3v) is 4.76. The van der Waals surface area contributed by atoms with Crippen LogP contribution in [0.1, 0.15) is 11.5 Å². The highest BCUT2D eigenvalue weighted by Crippen LogP contribution is 2.65. The van der Waals surface area contributed by atoms with E-state index in [0.717, 1.165) is 5.56 Å². The van der Waals surface area contributed by atoms with Crippen LogP contribution < -0.4 is 5.32 Å². The molecule has 2 aromatic carbocycles. The summed E-state index contributed by atoms with van der Waals surface area (Å²) in [6.45, 7) is 0. The van der Waals surface area contributed by atoms with E-state index in [-0.39, 0.29) is 11.8 Å². The largest absolute Gasteiger partial charge is 0.326 e. The van der Waals surface area contributed by atoms with Crippen molar-refractivity contribution >= 4 is 46.4 Å². The molecule has 21 heavy (non-hydrogen) atoms. The number of amides is 1. The quantitative estimate of drug-likeness (QED) is 0.794. The van der Waals surface area contributed by atoms with Crippen LogP contribution in [0.15, 0.2) is 54.6 Å². The third kappa shape index (κ3) is 2.89. The Balaban J connectivity index is 1.77. The first-order valence-corrected chi connectivity index (χ1v) is 7.63. The first-order valence-electron chi connectivity index (χ1n) is 6.49. The van der Waals surface area contributed by atoms with Gasteiger partial charge in [0.2, 0.25) is 5.91 Å². The van der Waals surface area contributed by atoms with Gasteiger partial charge in [0.15, 0.2) is 0 Å². The Hall–Kier alpha value is -1.22. The second kappa shape index (κ2) is 5.53. The van der Waals surface area contributed by atoms with Crippen LogP contribution in [-0.2, 0) is 4.79 Å². The number of benzene rings is 2. The summed E-state index contributed by atoms with van der Waals surface area (Å²) in [5.41, 5.74) is 1.60. The summed E-state index contributed by atoms with van der Waals surface area (Å²) in [4.78, 5) is 12.4. The summed E-state index contributed by atoms with van der Waals surface area (Å²) in [5.74, 6) is -0.862. The normalized spacial score (nSPS) is 22.6. The fourth-order valence-electron chi connectivity index (χ4n) is 2.51. The predicted molar refractivity (Wildman–Crippen MR) is 87.2 cm³/mol. The third-order valence-electron chi connectivity index (χ3n) is 3.59. The molecule has 0 aliphatic heterocycles. The lowest BCUT2D eigenvalue weighted by Crippen LogP contribution is -2.17. The Morgan fingerprint density at radius 1 is 1.05 bits per heavy atom. The van der Waals surface area contributed by atoms with Gasteiger partial charge in [-0.3, -0.25) is 4.79 Å². The average molecular weight is 341 g/mol. The minimum Gasteiger partial charge on any atom is -0.326 e. The summed E-state index contributed by atoms with van der Waals surface area (Å²) in [6.07, 6.45) is 0. The lowest BCUT2D eigenvalue weighted by Gasteiger charge is -2.05. The molecule has 5 heteroatoms. The van der Waals surface area contributed by atoms with Gasteiger partial charge in [0.25, 0.3) is 0 Å². The summed E-state index contributed by atoms with van der Waals surface area (Å²) in [6, 6.07) is 16.6. The fourth-order valence-corrected chi connectivity index (χ4v) is 3.53. The van der Waals surface area contributed by atoms with Crippen molar-refractivity contribution in [1.82, 2.24) is 0 Å². The molecule has 1 saturated carbocycles. The monoisotopic (exact) mass is 339 g/mol. The zero-order valence-electron chi connectivity index (χ0n) is 10.9. The summed E-state index contributed by atoms with van der Waals surface area (Å²) < 4.78 is -1.07. The minimum absolute atomic E-state index is 0.193. The van der Waals surface area contributed by atoms with Crippen LogP contribution in [0.2, 0.25) is 5.02 Å². The molecule has 1 fully saturated rings. The number of hydrogen-bond donors (Lipinski definition) is 1. The van der Waals surface area contributed by atoms with Crippen LogP contribution in [-0.4, -0.2) is 10.2 Å². The van der Waals surface area contributed by atoms with Gasteiger partial charge in [-0.2, -0.15) is 0 Å². The number of halogens is 3. The van der Waals surface area contributed by atoms with Gasteiger partial charge in [0.1, 0.15) is 4.33 Å². The maximum atomic E-state index is 12.4. The van der Waals surface area contributed by atoms with E-state index in [1.807, 2.05) is 30.3 Å². The smallest absolute Gasteiger partial charge is 0.231 e. The van der Waals surface area contributed by atoms with E-state index in [1.165, 1.54) is 0 Å². The first kappa shape index (κ1) is 14.7. The molecular formula is C16H12Cl3NO. The van der Waals surface area contributed by atoms with Crippen LogP contribution in [0.5, 0.6) is 0 Å². The second-order valence-electron chi connectivity index (χ2n) is 5.04. The van der Waals surface area contributed by atoms with Crippen LogP contribution >= 0.6 is 34.8 Å². The van der Waals surface area contributed by atoms with Crippen LogP contribution in [0.3, 0.4) is 0 Å². The van der Waals surface area contributed by atoms with Crippen molar-refractivity contribution in [2.75, 3.05) is 5.32 Å². The molecular weight excluding hydrogens is 329 g/mol. The number of rotatable bonds is 3. The van der Waals surface area contributed by atoms with Gasteiger partial charge >= 0.3 is 0 Å². The number of carbonyl (C=O) groups is 1. The van der Waals surface area contributed by atoms with Crippen molar-refractivity contribution in [3.63, 3.8) is 0 Å². The van der Waals surface area contributed by atoms with E-state index in [4.69, 9.17) is 34.8 Å². The predicted octanol–water partition coefficient (Wildman–Crippen LogP) is 4.87. The van der Waals surface area contributed by atoms with Crippen molar-refractivity contribution in [2.45, 2.75) is 10.3 Å². The van der Waals surface area contributed by atoms with E-state index in [0.29, 0.717) is 10.7 Å². The Kier molecular flexibility index (Phi) is 3.87. The number of anilines is 1. The van der Waals surface area contributed by atoms with E-state index in [2.05, 4.69) is 5.32 Å². The number of alkyl halides is 2. The summed E-state index contributed by atoms with van der Waals surface area (Å²) >= 11 is 18.5. The molecule has 1 aliphatic carbocycles. The Morgan fingerprint density at radius 3 is 2.43 bits per heavy atom. The SMILES string of the molecule is O=C(Nc1cccc(Cl)c1)[C@H]1[C@@H](c2ccccc2)C1(Cl)Cl. The first-order chi connectivity index (χ1) is 10.00. The average Bonchev–Trinajstić information content (AvgIpc) is 3.03. The van der Waals surface area contributed by atoms with Crippen molar-refractivity contribution < 1.29 is 4.79 Å². The van der Waals surface area contributed by atoms with Gasteiger partial charge in [-0.25, -0.2) is 0 Å². The van der Waals surface area contributed by atoms with Crippen molar-refractivity contribution in [3.05, 3.63) is 65.2 Å². The lowest BCUT2D eigenvalue weighted by atomic mass is 10.1. The molecule has 108 valence electrons. The Labute approximate surface area is 138 Å². The molecule has 1 aliphatic rings. The zero-order chi connectivity index (χ0) is 15.0. The fraction of sp³-hybridized carbons (Fsp3) is 0.188. The van der Waals surface area contributed by atoms with E-state index < -0.39 is 10.3 Å². The van der Waals surface area contributed by atoms with Gasteiger partial charge in [0.05, 0.1) is 5.92 Å². The van der Waals surface area contributed by atoms with Gasteiger partial charge in [-0.05, 0) is 23.8 Å². The van der Waals surface area contributed by atoms with E-state index >= 15 is 0 Å². The second-order valence-corrected chi connectivity index (χ2v) is 6.92. The summed E-state index contributed by atoms with van der Waals surface area (Å²) in [5, 5.41) is 3.37. The molecule has 0 heterocycles. The van der Waals surface area contributed by atoms with Crippen molar-refractivity contribution in [2.24, 2.45) is 5.92 Å². The van der Waals surface area contributed by atoms with Crippen LogP contribution in [0, 0.1) is 5.92 Å². The van der Waals surface area contributed by atoms with Crippen molar-refractivity contribution in [3.8, 4) is 0 Å². The van der Waals surface area contributed by atoms with Crippen molar-refractivity contribution in [1.29, 1.82) is 0 Å². The van der Waals surface area contributed by atoms with Gasteiger partial charge in [-0.15, -0.1) is 23.2 Å². The van der Waals surface area contributed by atoms with Crippen LogP contribution in [0.25, 0.3) is 0 Å². The molecule has 0 spiro atoms. The zero-order valence-corrected chi connectivity index (χ0v) is 13.2. The highest BCUT2D eigenvalue weighted by molar-refractivity contribution is 6.53. The van der Waals surface area contributed by atoms with E-state index in [1.54, 1.807) is 24.3 Å². The van der Waals surface area contributed by atoms with Gasteiger partial charge < -0.3 is 5.32 Å². The molecule has 1 amide bonds. The highest BCUT2D eigenvalue weighted by Gasteiger charge is 2.67. The highest BCUT2D eigenvalue weighted by atomic mass is 35.5. The Morgan fingerprint density at radius 2 is 1.76 bits per heavy atom. The maximum Gasteiger partial charge on any atom is 0.231 e. The standard InChI is InChI=1S/C16H12Cl3NO/c17-11-7-4-8-12(9-11)20-15(21)14-13(16(14,18)19)10-5-2-1-3-6-10/h1-9,13-14H,(H,20,21)/t13-,14-/m1/s1. The van der Waals surface area contributed by atoms with Gasteiger partial charge in [-0.1, -0.05) is 48.0 Å². The molecule has 2 atom stereocenters. The molecule has 2 aromatic rings. The molecule has 0 radical (unpaired) electrons. The molecule has 1 N–H and O–H groups in total. The molecule has 0 aromatic heterocycles. The molecule has 3 rings (SSSR count). The Bertz CT molecular complexity index is 672. The number of nitrogens with one attached hydrogen (secondary N) is 1. The summed E-state index contributed by atoms with van der Waals surface area (Å²) in [7, 11) is 0. The molecule has 0 bridgehead atoms.